The summed E-state index contributed by atoms with van der Waals surface area (Å²) in [6.07, 6.45) is 0. The molecule has 0 spiro atoms. The SMILES string of the molecule is CCNC(=NCCSc1ccc(Cl)cc1)N1CCN(C(C)=O)CC1.I. The summed E-state index contributed by atoms with van der Waals surface area (Å²) >= 11 is 7.67. The quantitative estimate of drug-likeness (QED) is 0.224. The molecule has 1 heterocycles. The van der Waals surface area contributed by atoms with Crippen LogP contribution in [0, 0.1) is 0 Å². The van der Waals surface area contributed by atoms with E-state index in [0.29, 0.717) is 0 Å². The van der Waals surface area contributed by atoms with E-state index in [2.05, 4.69) is 17.1 Å². The highest BCUT2D eigenvalue weighted by molar-refractivity contribution is 14.0. The molecular weight excluding hydrogens is 471 g/mol. The third-order valence-corrected chi connectivity index (χ3v) is 5.04. The second-order valence-corrected chi connectivity index (χ2v) is 7.14. The lowest BCUT2D eigenvalue weighted by Gasteiger charge is -2.36. The summed E-state index contributed by atoms with van der Waals surface area (Å²) in [7, 11) is 0. The van der Waals surface area contributed by atoms with Gasteiger partial charge in [-0.15, -0.1) is 35.7 Å². The van der Waals surface area contributed by atoms with Crippen LogP contribution in [0.4, 0.5) is 0 Å². The van der Waals surface area contributed by atoms with Crippen molar-refractivity contribution in [3.8, 4) is 0 Å². The second-order valence-electron chi connectivity index (χ2n) is 5.53. The second kappa shape index (κ2) is 11.9. The van der Waals surface area contributed by atoms with Crippen molar-refractivity contribution >= 4 is 59.2 Å². The maximum absolute atomic E-state index is 11.4. The van der Waals surface area contributed by atoms with Crippen LogP contribution in [0.2, 0.25) is 5.02 Å². The number of carbonyl (C=O) groups is 1. The van der Waals surface area contributed by atoms with E-state index < -0.39 is 0 Å². The topological polar surface area (TPSA) is 47.9 Å². The molecule has 25 heavy (non-hydrogen) atoms. The Bertz CT molecular complexity index is 562. The molecule has 2 rings (SSSR count). The highest BCUT2D eigenvalue weighted by Gasteiger charge is 2.20. The highest BCUT2D eigenvalue weighted by atomic mass is 127. The summed E-state index contributed by atoms with van der Waals surface area (Å²) in [6, 6.07) is 7.88. The fourth-order valence-electron chi connectivity index (χ4n) is 2.50. The standard InChI is InChI=1S/C17H25ClN4OS.HI/c1-3-19-17(22-11-9-21(10-12-22)14(2)23)20-8-13-24-16-6-4-15(18)5-7-16;/h4-7H,3,8-13H2,1-2H3,(H,19,20);1H. The molecule has 0 unspecified atom stereocenters. The smallest absolute Gasteiger partial charge is 0.219 e. The number of benzene rings is 1. The van der Waals surface area contributed by atoms with Crippen LogP contribution in [0.3, 0.4) is 0 Å². The average Bonchev–Trinajstić information content (AvgIpc) is 2.59. The third-order valence-electron chi connectivity index (χ3n) is 3.79. The molecule has 1 aromatic carbocycles. The van der Waals surface area contributed by atoms with Gasteiger partial charge in [-0.1, -0.05) is 11.6 Å². The summed E-state index contributed by atoms with van der Waals surface area (Å²) in [6.45, 7) is 8.48. The lowest BCUT2D eigenvalue weighted by atomic mass is 10.3. The molecule has 1 fully saturated rings. The third kappa shape index (κ3) is 7.62. The zero-order chi connectivity index (χ0) is 17.4. The van der Waals surface area contributed by atoms with E-state index in [1.54, 1.807) is 18.7 Å². The number of hydrogen-bond donors (Lipinski definition) is 1. The number of halogens is 2. The fraction of sp³-hybridized carbons (Fsp3) is 0.529. The Morgan fingerprint density at radius 2 is 1.80 bits per heavy atom. The van der Waals surface area contributed by atoms with E-state index in [-0.39, 0.29) is 29.9 Å². The molecule has 1 N–H and O–H groups in total. The molecule has 1 aliphatic heterocycles. The molecule has 1 amide bonds. The van der Waals surface area contributed by atoms with E-state index in [4.69, 9.17) is 16.6 Å². The van der Waals surface area contributed by atoms with Crippen molar-refractivity contribution in [1.29, 1.82) is 0 Å². The van der Waals surface area contributed by atoms with E-state index in [1.165, 1.54) is 4.90 Å². The number of hydrogen-bond acceptors (Lipinski definition) is 3. The largest absolute Gasteiger partial charge is 0.357 e. The fourth-order valence-corrected chi connectivity index (χ4v) is 3.38. The van der Waals surface area contributed by atoms with Gasteiger partial charge in [0.25, 0.3) is 0 Å². The van der Waals surface area contributed by atoms with Gasteiger partial charge in [0, 0.05) is 55.3 Å². The van der Waals surface area contributed by atoms with E-state index in [9.17, 15) is 4.79 Å². The molecule has 1 aromatic rings. The minimum atomic E-state index is 0. The number of aliphatic imine (C=N–C) groups is 1. The highest BCUT2D eigenvalue weighted by Crippen LogP contribution is 2.20. The van der Waals surface area contributed by atoms with Crippen LogP contribution >= 0.6 is 47.3 Å². The van der Waals surface area contributed by atoms with Crippen LogP contribution in [-0.2, 0) is 4.79 Å². The van der Waals surface area contributed by atoms with Crippen molar-refractivity contribution in [3.63, 3.8) is 0 Å². The summed E-state index contributed by atoms with van der Waals surface area (Å²) in [4.78, 5) is 21.5. The van der Waals surface area contributed by atoms with Crippen LogP contribution < -0.4 is 5.32 Å². The van der Waals surface area contributed by atoms with Crippen LogP contribution in [0.5, 0.6) is 0 Å². The average molecular weight is 497 g/mol. The number of rotatable bonds is 5. The number of guanidine groups is 1. The lowest BCUT2D eigenvalue weighted by Crippen LogP contribution is -2.53. The van der Waals surface area contributed by atoms with Crippen molar-refractivity contribution in [1.82, 2.24) is 15.1 Å². The molecule has 0 aliphatic carbocycles. The Morgan fingerprint density at radius 1 is 1.20 bits per heavy atom. The first-order valence-corrected chi connectivity index (χ1v) is 9.63. The van der Waals surface area contributed by atoms with Gasteiger partial charge in [0.15, 0.2) is 5.96 Å². The van der Waals surface area contributed by atoms with Crippen molar-refractivity contribution in [2.24, 2.45) is 4.99 Å². The molecule has 0 saturated carbocycles. The van der Waals surface area contributed by atoms with Gasteiger partial charge in [-0.2, -0.15) is 0 Å². The molecule has 0 bridgehead atoms. The zero-order valence-electron chi connectivity index (χ0n) is 14.7. The van der Waals surface area contributed by atoms with E-state index in [1.807, 2.05) is 29.2 Å². The van der Waals surface area contributed by atoms with Gasteiger partial charge in [-0.25, -0.2) is 0 Å². The number of thioether (sulfide) groups is 1. The Morgan fingerprint density at radius 3 is 2.36 bits per heavy atom. The maximum atomic E-state index is 11.4. The van der Waals surface area contributed by atoms with Crippen LogP contribution in [0.1, 0.15) is 13.8 Å². The maximum Gasteiger partial charge on any atom is 0.219 e. The summed E-state index contributed by atoms with van der Waals surface area (Å²) < 4.78 is 0. The molecule has 0 radical (unpaired) electrons. The van der Waals surface area contributed by atoms with Gasteiger partial charge < -0.3 is 15.1 Å². The van der Waals surface area contributed by atoms with E-state index in [0.717, 1.165) is 56.0 Å². The van der Waals surface area contributed by atoms with Gasteiger partial charge >= 0.3 is 0 Å². The minimum absolute atomic E-state index is 0. The predicted octanol–water partition coefficient (Wildman–Crippen LogP) is 3.18. The van der Waals surface area contributed by atoms with Crippen LogP contribution in [0.25, 0.3) is 0 Å². The molecule has 1 saturated heterocycles. The number of amides is 1. The van der Waals surface area contributed by atoms with Gasteiger partial charge in [0.2, 0.25) is 5.91 Å². The van der Waals surface area contributed by atoms with Crippen molar-refractivity contribution in [2.75, 3.05) is 45.0 Å². The molecule has 0 atom stereocenters. The molecule has 0 aromatic heterocycles. The molecule has 1 aliphatic rings. The van der Waals surface area contributed by atoms with Crippen molar-refractivity contribution in [3.05, 3.63) is 29.3 Å². The first-order chi connectivity index (χ1) is 11.6. The Balaban J connectivity index is 0.00000312. The van der Waals surface area contributed by atoms with Crippen molar-refractivity contribution in [2.45, 2.75) is 18.7 Å². The summed E-state index contributed by atoms with van der Waals surface area (Å²) in [5, 5.41) is 4.11. The van der Waals surface area contributed by atoms with Gasteiger partial charge in [-0.3, -0.25) is 9.79 Å². The predicted molar refractivity (Wildman–Crippen MR) is 117 cm³/mol. The Hall–Kier alpha value is -0.670. The Kier molecular flexibility index (Phi) is 10.6. The molecule has 5 nitrogen and oxygen atoms in total. The normalized spacial score (nSPS) is 14.9. The molecule has 8 heteroatoms. The molecule has 140 valence electrons. The first-order valence-electron chi connectivity index (χ1n) is 8.27. The number of piperazine rings is 1. The minimum Gasteiger partial charge on any atom is -0.357 e. The van der Waals surface area contributed by atoms with Crippen LogP contribution in [0.15, 0.2) is 34.2 Å². The number of carbonyl (C=O) groups excluding carboxylic acids is 1. The first kappa shape index (κ1) is 22.4. The van der Waals surface area contributed by atoms with Crippen molar-refractivity contribution < 1.29 is 4.79 Å². The summed E-state index contributed by atoms with van der Waals surface area (Å²) in [5.74, 6) is 2.01. The summed E-state index contributed by atoms with van der Waals surface area (Å²) in [5.41, 5.74) is 0. The number of nitrogens with one attached hydrogen (secondary N) is 1. The number of nitrogens with zero attached hydrogens (tertiary/aromatic N) is 3. The Labute approximate surface area is 176 Å². The monoisotopic (exact) mass is 496 g/mol. The lowest BCUT2D eigenvalue weighted by molar-refractivity contribution is -0.130. The van der Waals surface area contributed by atoms with Crippen LogP contribution in [-0.4, -0.2) is 66.7 Å². The van der Waals surface area contributed by atoms with Gasteiger partial charge in [0.05, 0.1) is 6.54 Å². The van der Waals surface area contributed by atoms with Gasteiger partial charge in [-0.05, 0) is 31.2 Å². The zero-order valence-corrected chi connectivity index (χ0v) is 18.6. The van der Waals surface area contributed by atoms with Gasteiger partial charge in [0.1, 0.15) is 0 Å². The van der Waals surface area contributed by atoms with E-state index >= 15 is 0 Å². The molecular formula is C17H26ClIN4OS.